The predicted octanol–water partition coefficient (Wildman–Crippen LogP) is 4.18. The predicted molar refractivity (Wildman–Crippen MR) is 70.5 cm³/mol. The van der Waals surface area contributed by atoms with E-state index in [2.05, 4.69) is 6.92 Å². The molecule has 0 radical (unpaired) electrons. The van der Waals surface area contributed by atoms with Crippen molar-refractivity contribution in [2.45, 2.75) is 38.7 Å². The van der Waals surface area contributed by atoms with E-state index in [-0.39, 0.29) is 6.10 Å². The molecule has 1 unspecified atom stereocenters. The van der Waals surface area contributed by atoms with E-state index in [0.29, 0.717) is 0 Å². The summed E-state index contributed by atoms with van der Waals surface area (Å²) >= 11 is 5.92. The van der Waals surface area contributed by atoms with Gasteiger partial charge in [-0.15, -0.1) is 0 Å². The first-order valence-electron chi connectivity index (χ1n) is 6.05. The Morgan fingerprint density at radius 1 is 1.29 bits per heavy atom. The maximum absolute atomic E-state index is 9.67. The summed E-state index contributed by atoms with van der Waals surface area (Å²) in [5, 5.41) is 11.4. The molecule has 2 aromatic rings. The van der Waals surface area contributed by atoms with Gasteiger partial charge in [0.2, 0.25) is 0 Å². The summed E-state index contributed by atoms with van der Waals surface area (Å²) in [5.41, 5.74) is 0.856. The van der Waals surface area contributed by atoms with Gasteiger partial charge >= 0.3 is 0 Å². The molecule has 1 atom stereocenters. The monoisotopic (exact) mass is 252 g/mol. The Balaban J connectivity index is 2.04. The first-order chi connectivity index (χ1) is 8.19. The van der Waals surface area contributed by atoms with Gasteiger partial charge in [-0.25, -0.2) is 0 Å². The molecule has 0 saturated carbocycles. The molecule has 0 aliphatic rings. The van der Waals surface area contributed by atoms with Crippen molar-refractivity contribution >= 4 is 22.6 Å². The maximum atomic E-state index is 9.67. The van der Waals surface area contributed by atoms with Crippen LogP contribution >= 0.6 is 11.6 Å². The Morgan fingerprint density at radius 3 is 2.88 bits per heavy atom. The summed E-state index contributed by atoms with van der Waals surface area (Å²) in [6.45, 7) is 2.08. The number of furan rings is 1. The molecule has 1 aromatic heterocycles. The number of hydrogen-bond acceptors (Lipinski definition) is 2. The number of benzene rings is 1. The van der Waals surface area contributed by atoms with Gasteiger partial charge in [0.1, 0.15) is 11.3 Å². The van der Waals surface area contributed by atoms with Gasteiger partial charge in [-0.2, -0.15) is 0 Å². The van der Waals surface area contributed by atoms with Crippen molar-refractivity contribution < 1.29 is 9.52 Å². The highest BCUT2D eigenvalue weighted by atomic mass is 35.5. The summed E-state index contributed by atoms with van der Waals surface area (Å²) in [7, 11) is 0. The van der Waals surface area contributed by atoms with Crippen LogP contribution in [0.4, 0.5) is 0 Å². The third kappa shape index (κ3) is 3.24. The number of aryl methyl sites for hydroxylation is 1. The van der Waals surface area contributed by atoms with Crippen LogP contribution < -0.4 is 0 Å². The van der Waals surface area contributed by atoms with Gasteiger partial charge in [0, 0.05) is 16.8 Å². The minimum absolute atomic E-state index is 0.225. The van der Waals surface area contributed by atoms with Gasteiger partial charge in [-0.1, -0.05) is 24.9 Å². The molecule has 2 nitrogen and oxygen atoms in total. The van der Waals surface area contributed by atoms with Crippen LogP contribution in [0.25, 0.3) is 11.0 Å². The molecule has 3 heteroatoms. The average Bonchev–Trinajstić information content (AvgIpc) is 2.68. The molecule has 0 spiro atoms. The quantitative estimate of drug-likeness (QED) is 0.866. The van der Waals surface area contributed by atoms with Crippen LogP contribution in [0.3, 0.4) is 0 Å². The zero-order valence-electron chi connectivity index (χ0n) is 9.95. The number of halogens is 1. The van der Waals surface area contributed by atoms with Gasteiger partial charge in [-0.3, -0.25) is 0 Å². The van der Waals surface area contributed by atoms with E-state index in [4.69, 9.17) is 16.0 Å². The van der Waals surface area contributed by atoms with E-state index in [1.807, 2.05) is 24.3 Å². The normalized spacial score (nSPS) is 13.1. The second kappa shape index (κ2) is 5.56. The van der Waals surface area contributed by atoms with Gasteiger partial charge < -0.3 is 9.52 Å². The minimum atomic E-state index is -0.225. The number of hydrogen-bond donors (Lipinski definition) is 1. The van der Waals surface area contributed by atoms with Crippen molar-refractivity contribution in [1.29, 1.82) is 0 Å². The number of aliphatic hydroxyl groups excluding tert-OH is 1. The minimum Gasteiger partial charge on any atom is -0.461 e. The molecule has 2 rings (SSSR count). The van der Waals surface area contributed by atoms with Crippen molar-refractivity contribution in [3.05, 3.63) is 35.0 Å². The van der Waals surface area contributed by atoms with Crippen molar-refractivity contribution in [2.24, 2.45) is 0 Å². The molecular formula is C14H17ClO2. The number of aliphatic hydroxyl groups is 1. The lowest BCUT2D eigenvalue weighted by atomic mass is 10.1. The van der Waals surface area contributed by atoms with Crippen LogP contribution in [-0.2, 0) is 6.42 Å². The molecule has 17 heavy (non-hydrogen) atoms. The van der Waals surface area contributed by atoms with E-state index >= 15 is 0 Å². The van der Waals surface area contributed by atoms with Crippen molar-refractivity contribution in [2.75, 3.05) is 0 Å². The van der Waals surface area contributed by atoms with Crippen LogP contribution in [0, 0.1) is 0 Å². The maximum Gasteiger partial charge on any atom is 0.134 e. The molecule has 1 heterocycles. The van der Waals surface area contributed by atoms with E-state index in [1.165, 1.54) is 0 Å². The molecule has 0 bridgehead atoms. The fraction of sp³-hybridized carbons (Fsp3) is 0.429. The lowest BCUT2D eigenvalue weighted by molar-refractivity contribution is 0.152. The highest BCUT2D eigenvalue weighted by molar-refractivity contribution is 6.31. The molecule has 1 N–H and O–H groups in total. The highest BCUT2D eigenvalue weighted by Gasteiger charge is 2.07. The largest absolute Gasteiger partial charge is 0.461 e. The van der Waals surface area contributed by atoms with Crippen LogP contribution in [-0.4, -0.2) is 11.2 Å². The van der Waals surface area contributed by atoms with Gasteiger partial charge in [0.05, 0.1) is 6.10 Å². The molecule has 0 aliphatic carbocycles. The Labute approximate surface area is 106 Å². The Hall–Kier alpha value is -0.990. The first-order valence-corrected chi connectivity index (χ1v) is 6.43. The Kier molecular flexibility index (Phi) is 4.08. The van der Waals surface area contributed by atoms with Crippen LogP contribution in [0.1, 0.15) is 31.9 Å². The zero-order chi connectivity index (χ0) is 12.3. The topological polar surface area (TPSA) is 33.4 Å². The molecule has 0 fully saturated rings. The standard InChI is InChI=1S/C14H17ClO2/c1-2-3-12(16)5-6-13-9-10-8-11(15)4-7-14(10)17-13/h4,7-9,12,16H,2-3,5-6H2,1H3. The smallest absolute Gasteiger partial charge is 0.134 e. The van der Waals surface area contributed by atoms with Gasteiger partial charge in [0.15, 0.2) is 0 Å². The lowest BCUT2D eigenvalue weighted by Gasteiger charge is -2.06. The number of rotatable bonds is 5. The van der Waals surface area contributed by atoms with Crippen molar-refractivity contribution in [1.82, 2.24) is 0 Å². The summed E-state index contributed by atoms with van der Waals surface area (Å²) in [6.07, 6.45) is 3.16. The molecule has 0 saturated heterocycles. The van der Waals surface area contributed by atoms with Crippen LogP contribution in [0.15, 0.2) is 28.7 Å². The third-order valence-corrected chi connectivity index (χ3v) is 3.11. The van der Waals surface area contributed by atoms with Gasteiger partial charge in [0.25, 0.3) is 0 Å². The van der Waals surface area contributed by atoms with E-state index in [0.717, 1.165) is 47.4 Å². The van der Waals surface area contributed by atoms with Crippen LogP contribution in [0.5, 0.6) is 0 Å². The Bertz CT molecular complexity index is 490. The lowest BCUT2D eigenvalue weighted by Crippen LogP contribution is -2.06. The first kappa shape index (κ1) is 12.5. The Morgan fingerprint density at radius 2 is 2.12 bits per heavy atom. The summed E-state index contributed by atoms with van der Waals surface area (Å²) in [6, 6.07) is 7.60. The molecular weight excluding hydrogens is 236 g/mol. The van der Waals surface area contributed by atoms with E-state index < -0.39 is 0 Å². The fourth-order valence-electron chi connectivity index (χ4n) is 1.98. The second-order valence-electron chi connectivity index (χ2n) is 4.38. The van der Waals surface area contributed by atoms with E-state index in [1.54, 1.807) is 0 Å². The summed E-state index contributed by atoms with van der Waals surface area (Å²) in [4.78, 5) is 0. The molecule has 0 amide bonds. The SMILES string of the molecule is CCCC(O)CCc1cc2cc(Cl)ccc2o1. The number of fused-ring (bicyclic) bond motifs is 1. The molecule has 92 valence electrons. The van der Waals surface area contributed by atoms with Crippen molar-refractivity contribution in [3.8, 4) is 0 Å². The van der Waals surface area contributed by atoms with Crippen LogP contribution in [0.2, 0.25) is 5.02 Å². The highest BCUT2D eigenvalue weighted by Crippen LogP contribution is 2.24. The molecule has 1 aromatic carbocycles. The second-order valence-corrected chi connectivity index (χ2v) is 4.81. The average molecular weight is 253 g/mol. The summed E-state index contributed by atoms with van der Waals surface area (Å²) < 4.78 is 5.68. The zero-order valence-corrected chi connectivity index (χ0v) is 10.7. The van der Waals surface area contributed by atoms with Gasteiger partial charge in [-0.05, 0) is 37.1 Å². The summed E-state index contributed by atoms with van der Waals surface area (Å²) in [5.74, 6) is 0.914. The van der Waals surface area contributed by atoms with E-state index in [9.17, 15) is 5.11 Å². The van der Waals surface area contributed by atoms with Crippen molar-refractivity contribution in [3.63, 3.8) is 0 Å². The molecule has 0 aliphatic heterocycles. The fourth-order valence-corrected chi connectivity index (χ4v) is 2.16. The third-order valence-electron chi connectivity index (χ3n) is 2.88.